The first-order valence-corrected chi connectivity index (χ1v) is 9.11. The Kier molecular flexibility index (Phi) is 6.06. The summed E-state index contributed by atoms with van der Waals surface area (Å²) >= 11 is 0. The Hall–Kier alpha value is -3.81. The number of rotatable bonds is 7. The molecule has 154 valence electrons. The summed E-state index contributed by atoms with van der Waals surface area (Å²) in [6.45, 7) is 0. The molecule has 1 aliphatic heterocycles. The van der Waals surface area contributed by atoms with Crippen molar-refractivity contribution in [3.63, 3.8) is 0 Å². The minimum absolute atomic E-state index is 0.106. The topological polar surface area (TPSA) is 107 Å². The Bertz CT molecular complexity index is 980. The molecule has 0 aliphatic carbocycles. The van der Waals surface area contributed by atoms with E-state index in [1.165, 1.54) is 12.1 Å². The molecule has 3 rings (SSSR count). The molecule has 0 N–H and O–H groups in total. The van der Waals surface area contributed by atoms with Gasteiger partial charge in [-0.1, -0.05) is 42.5 Å². The van der Waals surface area contributed by atoms with Crippen molar-refractivity contribution in [3.8, 4) is 0 Å². The van der Waals surface area contributed by atoms with E-state index >= 15 is 0 Å². The van der Waals surface area contributed by atoms with Crippen LogP contribution in [0.5, 0.6) is 0 Å². The van der Waals surface area contributed by atoms with E-state index in [-0.39, 0.29) is 11.1 Å². The molecule has 2 aromatic rings. The van der Waals surface area contributed by atoms with Crippen LogP contribution in [0.3, 0.4) is 0 Å². The quantitative estimate of drug-likeness (QED) is 0.390. The molecule has 0 spiro atoms. The van der Waals surface area contributed by atoms with Crippen molar-refractivity contribution >= 4 is 29.5 Å². The van der Waals surface area contributed by atoms with Crippen LogP contribution in [0.15, 0.2) is 54.6 Å². The SMILES string of the molecule is COC(=O)[C@H]([C@@H](CC(=O)c1ccccc1)C(=O)OC)N1C(=O)c2ccccc2C1=O. The van der Waals surface area contributed by atoms with E-state index in [1.807, 2.05) is 0 Å². The second-order valence-electron chi connectivity index (χ2n) is 6.62. The zero-order valence-electron chi connectivity index (χ0n) is 16.4. The second kappa shape index (κ2) is 8.69. The molecule has 0 radical (unpaired) electrons. The van der Waals surface area contributed by atoms with Crippen LogP contribution in [0.2, 0.25) is 0 Å². The maximum atomic E-state index is 12.9. The number of methoxy groups -OCH3 is 2. The Morgan fingerprint density at radius 3 is 1.80 bits per heavy atom. The number of carbonyl (C=O) groups is 5. The predicted octanol–water partition coefficient (Wildman–Crippen LogP) is 1.89. The summed E-state index contributed by atoms with van der Waals surface area (Å²) < 4.78 is 9.56. The Morgan fingerprint density at radius 2 is 1.30 bits per heavy atom. The highest BCUT2D eigenvalue weighted by molar-refractivity contribution is 6.23. The van der Waals surface area contributed by atoms with Crippen molar-refractivity contribution in [1.29, 1.82) is 0 Å². The lowest BCUT2D eigenvalue weighted by Crippen LogP contribution is -2.52. The Morgan fingerprint density at radius 1 is 0.800 bits per heavy atom. The average Bonchev–Trinajstić information content (AvgIpc) is 3.03. The van der Waals surface area contributed by atoms with E-state index in [1.54, 1.807) is 42.5 Å². The standard InChI is InChI=1S/C22H19NO7/c1-29-21(27)16(12-17(24)13-8-4-3-5-9-13)18(22(28)30-2)23-19(25)14-10-6-7-11-15(14)20(23)26/h3-11,16,18H,12H2,1-2H3/t16-,18+/m1/s1. The molecule has 0 aromatic heterocycles. The van der Waals surface area contributed by atoms with Gasteiger partial charge in [-0.05, 0) is 12.1 Å². The highest BCUT2D eigenvalue weighted by atomic mass is 16.5. The van der Waals surface area contributed by atoms with Gasteiger partial charge in [-0.25, -0.2) is 4.79 Å². The van der Waals surface area contributed by atoms with Gasteiger partial charge < -0.3 is 9.47 Å². The van der Waals surface area contributed by atoms with Gasteiger partial charge in [0.25, 0.3) is 11.8 Å². The summed E-state index contributed by atoms with van der Waals surface area (Å²) in [5.74, 6) is -5.28. The van der Waals surface area contributed by atoms with Gasteiger partial charge in [-0.2, -0.15) is 0 Å². The van der Waals surface area contributed by atoms with Crippen LogP contribution < -0.4 is 0 Å². The van der Waals surface area contributed by atoms with Crippen LogP contribution in [0.4, 0.5) is 0 Å². The van der Waals surface area contributed by atoms with Gasteiger partial charge in [0, 0.05) is 12.0 Å². The molecule has 1 heterocycles. The van der Waals surface area contributed by atoms with Crippen molar-refractivity contribution in [1.82, 2.24) is 4.90 Å². The number of nitrogens with zero attached hydrogens (tertiary/aromatic N) is 1. The van der Waals surface area contributed by atoms with E-state index in [9.17, 15) is 24.0 Å². The largest absolute Gasteiger partial charge is 0.469 e. The molecule has 0 fully saturated rings. The van der Waals surface area contributed by atoms with Gasteiger partial charge in [0.1, 0.15) is 0 Å². The number of hydrogen-bond donors (Lipinski definition) is 0. The lowest BCUT2D eigenvalue weighted by Gasteiger charge is -2.29. The number of amides is 2. The van der Waals surface area contributed by atoms with E-state index in [2.05, 4.69) is 0 Å². The Labute approximate surface area is 172 Å². The fraction of sp³-hybridized carbons (Fsp3) is 0.227. The van der Waals surface area contributed by atoms with Crippen LogP contribution in [-0.2, 0) is 19.1 Å². The third kappa shape index (κ3) is 3.71. The minimum Gasteiger partial charge on any atom is -0.469 e. The van der Waals surface area contributed by atoms with Gasteiger partial charge in [-0.15, -0.1) is 0 Å². The molecule has 8 nitrogen and oxygen atoms in total. The number of esters is 2. The van der Waals surface area contributed by atoms with Crippen LogP contribution in [-0.4, -0.2) is 54.7 Å². The zero-order chi connectivity index (χ0) is 21.8. The van der Waals surface area contributed by atoms with Crippen molar-refractivity contribution in [2.45, 2.75) is 12.5 Å². The number of ketones is 1. The molecule has 1 aliphatic rings. The summed E-state index contributed by atoms with van der Waals surface area (Å²) in [6.07, 6.45) is -0.455. The molecule has 8 heteroatoms. The monoisotopic (exact) mass is 409 g/mol. The van der Waals surface area contributed by atoms with Crippen LogP contribution in [0.25, 0.3) is 0 Å². The lowest BCUT2D eigenvalue weighted by molar-refractivity contribution is -0.157. The fourth-order valence-corrected chi connectivity index (χ4v) is 3.45. The van der Waals surface area contributed by atoms with Crippen molar-refractivity contribution < 1.29 is 33.4 Å². The van der Waals surface area contributed by atoms with Crippen LogP contribution >= 0.6 is 0 Å². The minimum atomic E-state index is -1.65. The number of fused-ring (bicyclic) bond motifs is 1. The number of benzene rings is 2. The summed E-state index contributed by atoms with van der Waals surface area (Å²) in [4.78, 5) is 64.4. The Balaban J connectivity index is 2.02. The van der Waals surface area contributed by atoms with Gasteiger partial charge in [-0.3, -0.25) is 24.1 Å². The van der Waals surface area contributed by atoms with Crippen molar-refractivity contribution in [3.05, 3.63) is 71.3 Å². The zero-order valence-corrected chi connectivity index (χ0v) is 16.4. The summed E-state index contributed by atoms with van der Waals surface area (Å²) in [5, 5.41) is 0. The van der Waals surface area contributed by atoms with Gasteiger partial charge in [0.05, 0.1) is 31.3 Å². The summed E-state index contributed by atoms with van der Waals surface area (Å²) in [6, 6.07) is 12.6. The van der Waals surface area contributed by atoms with Crippen molar-refractivity contribution in [2.24, 2.45) is 5.92 Å². The van der Waals surface area contributed by atoms with E-state index in [0.29, 0.717) is 10.5 Å². The summed E-state index contributed by atoms with van der Waals surface area (Å²) in [7, 11) is 2.17. The first-order chi connectivity index (χ1) is 14.4. The molecule has 2 aromatic carbocycles. The number of ether oxygens (including phenoxy) is 2. The molecular weight excluding hydrogens is 390 g/mol. The first-order valence-electron chi connectivity index (χ1n) is 9.11. The molecule has 0 saturated carbocycles. The number of carbonyl (C=O) groups excluding carboxylic acids is 5. The normalized spacial score (nSPS) is 14.7. The van der Waals surface area contributed by atoms with Gasteiger partial charge in [0.15, 0.2) is 11.8 Å². The van der Waals surface area contributed by atoms with Gasteiger partial charge in [0.2, 0.25) is 0 Å². The number of hydrogen-bond acceptors (Lipinski definition) is 7. The second-order valence-corrected chi connectivity index (χ2v) is 6.62. The smallest absolute Gasteiger partial charge is 0.330 e. The van der Waals surface area contributed by atoms with E-state index in [0.717, 1.165) is 14.2 Å². The predicted molar refractivity (Wildman–Crippen MR) is 104 cm³/mol. The maximum absolute atomic E-state index is 12.9. The number of Topliss-reactive ketones (excluding diaryl/α,β-unsaturated/α-hetero) is 1. The fourth-order valence-electron chi connectivity index (χ4n) is 3.45. The molecule has 30 heavy (non-hydrogen) atoms. The average molecular weight is 409 g/mol. The molecule has 2 amide bonds. The molecule has 0 saturated heterocycles. The molecule has 0 bridgehead atoms. The highest BCUT2D eigenvalue weighted by Gasteiger charge is 2.49. The highest BCUT2D eigenvalue weighted by Crippen LogP contribution is 2.30. The summed E-state index contributed by atoms with van der Waals surface area (Å²) in [5.41, 5.74) is 0.529. The molecule has 0 unspecified atom stereocenters. The van der Waals surface area contributed by atoms with Crippen molar-refractivity contribution in [2.75, 3.05) is 14.2 Å². The van der Waals surface area contributed by atoms with Crippen LogP contribution in [0, 0.1) is 5.92 Å². The van der Waals surface area contributed by atoms with Gasteiger partial charge >= 0.3 is 11.9 Å². The first kappa shape index (κ1) is 20.9. The third-order valence-corrected chi connectivity index (χ3v) is 4.93. The van der Waals surface area contributed by atoms with E-state index in [4.69, 9.17) is 9.47 Å². The van der Waals surface area contributed by atoms with Crippen LogP contribution in [0.1, 0.15) is 37.5 Å². The van der Waals surface area contributed by atoms with E-state index < -0.39 is 47.9 Å². The lowest BCUT2D eigenvalue weighted by atomic mass is 9.90. The molecule has 2 atom stereocenters. The molecular formula is C22H19NO7. The number of imide groups is 1. The third-order valence-electron chi connectivity index (χ3n) is 4.93. The maximum Gasteiger partial charge on any atom is 0.330 e.